The summed E-state index contributed by atoms with van der Waals surface area (Å²) in [6.07, 6.45) is 0. The zero-order valence-corrected chi connectivity index (χ0v) is 17.8. The van der Waals surface area contributed by atoms with Crippen LogP contribution in [-0.2, 0) is 14.9 Å². The molecule has 0 fully saturated rings. The average Bonchev–Trinajstić information content (AvgIpc) is 2.47. The van der Waals surface area contributed by atoms with E-state index >= 15 is 0 Å². The molecule has 0 aliphatic rings. The Kier molecular flexibility index (Phi) is 6.67. The summed E-state index contributed by atoms with van der Waals surface area (Å²) in [6, 6.07) is 5.28. The first kappa shape index (κ1) is 22.2. The lowest BCUT2D eigenvalue weighted by Gasteiger charge is -2.23. The molecule has 26 heavy (non-hydrogen) atoms. The molecule has 1 aromatic rings. The maximum absolute atomic E-state index is 12.7. The van der Waals surface area contributed by atoms with Crippen molar-refractivity contribution in [2.75, 3.05) is 13.2 Å². The third-order valence-corrected chi connectivity index (χ3v) is 3.60. The van der Waals surface area contributed by atoms with E-state index in [0.29, 0.717) is 0 Å². The summed E-state index contributed by atoms with van der Waals surface area (Å²) in [5.74, 6) is -0.989. The van der Waals surface area contributed by atoms with Gasteiger partial charge in [-0.1, -0.05) is 68.4 Å². The van der Waals surface area contributed by atoms with Crippen LogP contribution in [0.2, 0.25) is 0 Å². The standard InChI is InChI=1S/C22H34O4/c1-20(2,3)13-25-18(23)16-11-10-15(22(7,8)9)12-17(16)19(24)26-14-21(4,5)6/h10-12H,13-14H2,1-9H3. The van der Waals surface area contributed by atoms with Crippen LogP contribution in [-0.4, -0.2) is 25.2 Å². The molecule has 0 atom stereocenters. The third-order valence-electron chi connectivity index (χ3n) is 3.60. The normalized spacial score (nSPS) is 12.7. The first-order chi connectivity index (χ1) is 11.6. The molecule has 1 aromatic carbocycles. The van der Waals surface area contributed by atoms with Crippen LogP contribution < -0.4 is 0 Å². The van der Waals surface area contributed by atoms with Gasteiger partial charge in [0.05, 0.1) is 24.3 Å². The predicted octanol–water partition coefficient (Wildman–Crippen LogP) is 5.39. The minimum absolute atomic E-state index is 0.145. The number of benzene rings is 1. The Bertz CT molecular complexity index is 652. The fraction of sp³-hybridized carbons (Fsp3) is 0.636. The van der Waals surface area contributed by atoms with Crippen molar-refractivity contribution in [1.82, 2.24) is 0 Å². The molecule has 0 heterocycles. The molecule has 0 aromatic heterocycles. The van der Waals surface area contributed by atoms with E-state index in [1.54, 1.807) is 12.1 Å². The van der Waals surface area contributed by atoms with Crippen molar-refractivity contribution < 1.29 is 19.1 Å². The van der Waals surface area contributed by atoms with E-state index in [-0.39, 0.29) is 40.6 Å². The number of carbonyl (C=O) groups excluding carboxylic acids is 2. The highest BCUT2D eigenvalue weighted by atomic mass is 16.5. The van der Waals surface area contributed by atoms with Crippen molar-refractivity contribution in [1.29, 1.82) is 0 Å². The zero-order chi connectivity index (χ0) is 20.3. The van der Waals surface area contributed by atoms with E-state index in [2.05, 4.69) is 20.8 Å². The van der Waals surface area contributed by atoms with Crippen LogP contribution in [0.4, 0.5) is 0 Å². The van der Waals surface area contributed by atoms with Gasteiger partial charge in [0.1, 0.15) is 0 Å². The van der Waals surface area contributed by atoms with Crippen molar-refractivity contribution in [2.45, 2.75) is 67.7 Å². The van der Waals surface area contributed by atoms with Gasteiger partial charge >= 0.3 is 11.9 Å². The molecule has 0 aliphatic heterocycles. The SMILES string of the molecule is CC(C)(C)COC(=O)c1ccc(C(C)(C)C)cc1C(=O)OCC(C)(C)C. The summed E-state index contributed by atoms with van der Waals surface area (Å²) >= 11 is 0. The summed E-state index contributed by atoms with van der Waals surface area (Å²) < 4.78 is 10.9. The maximum atomic E-state index is 12.7. The smallest absolute Gasteiger partial charge is 0.339 e. The number of carbonyl (C=O) groups is 2. The molecule has 0 unspecified atom stereocenters. The Balaban J connectivity index is 3.20. The molecule has 4 nitrogen and oxygen atoms in total. The molecule has 1 rings (SSSR count). The highest BCUT2D eigenvalue weighted by molar-refractivity contribution is 6.03. The van der Waals surface area contributed by atoms with Gasteiger partial charge in [0.25, 0.3) is 0 Å². The van der Waals surface area contributed by atoms with Gasteiger partial charge in [-0.15, -0.1) is 0 Å². The Labute approximate surface area is 158 Å². The molecule has 0 saturated carbocycles. The second kappa shape index (κ2) is 7.81. The van der Waals surface area contributed by atoms with Gasteiger partial charge in [-0.25, -0.2) is 9.59 Å². The lowest BCUT2D eigenvalue weighted by atomic mass is 9.85. The van der Waals surface area contributed by atoms with Gasteiger partial charge in [-0.2, -0.15) is 0 Å². The summed E-state index contributed by atoms with van der Waals surface area (Å²) in [6.45, 7) is 18.7. The number of hydrogen-bond acceptors (Lipinski definition) is 4. The Hall–Kier alpha value is -1.84. The maximum Gasteiger partial charge on any atom is 0.339 e. The molecule has 0 aliphatic carbocycles. The minimum atomic E-state index is -0.497. The summed E-state index contributed by atoms with van der Waals surface area (Å²) in [5, 5.41) is 0. The lowest BCUT2D eigenvalue weighted by molar-refractivity contribution is 0.0322. The fourth-order valence-electron chi connectivity index (χ4n) is 2.08. The van der Waals surface area contributed by atoms with Gasteiger partial charge in [0.2, 0.25) is 0 Å². The third kappa shape index (κ3) is 7.19. The van der Waals surface area contributed by atoms with Crippen molar-refractivity contribution >= 4 is 11.9 Å². The van der Waals surface area contributed by atoms with Crippen molar-refractivity contribution in [3.05, 3.63) is 34.9 Å². The van der Waals surface area contributed by atoms with Gasteiger partial charge in [-0.3, -0.25) is 0 Å². The van der Waals surface area contributed by atoms with Crippen LogP contribution in [0.15, 0.2) is 18.2 Å². The van der Waals surface area contributed by atoms with Gasteiger partial charge < -0.3 is 9.47 Å². The van der Waals surface area contributed by atoms with E-state index in [1.807, 2.05) is 47.6 Å². The second-order valence-corrected chi connectivity index (χ2v) is 10.3. The Morgan fingerprint density at radius 2 is 1.15 bits per heavy atom. The second-order valence-electron chi connectivity index (χ2n) is 10.3. The highest BCUT2D eigenvalue weighted by Crippen LogP contribution is 2.26. The van der Waals surface area contributed by atoms with Crippen molar-refractivity contribution in [3.8, 4) is 0 Å². The molecular weight excluding hydrogens is 328 g/mol. The number of hydrogen-bond donors (Lipinski definition) is 0. The predicted molar refractivity (Wildman–Crippen MR) is 105 cm³/mol. The number of ether oxygens (including phenoxy) is 2. The van der Waals surface area contributed by atoms with Crippen molar-refractivity contribution in [2.24, 2.45) is 10.8 Å². The molecule has 0 saturated heterocycles. The van der Waals surface area contributed by atoms with Crippen LogP contribution in [0.3, 0.4) is 0 Å². The Morgan fingerprint density at radius 3 is 1.54 bits per heavy atom. The van der Waals surface area contributed by atoms with Crippen molar-refractivity contribution in [3.63, 3.8) is 0 Å². The topological polar surface area (TPSA) is 52.6 Å². The first-order valence-electron chi connectivity index (χ1n) is 9.09. The molecule has 4 heteroatoms. The minimum Gasteiger partial charge on any atom is -0.462 e. The Morgan fingerprint density at radius 1 is 0.731 bits per heavy atom. The largest absolute Gasteiger partial charge is 0.462 e. The van der Waals surface area contributed by atoms with E-state index in [9.17, 15) is 9.59 Å². The summed E-state index contributed by atoms with van der Waals surface area (Å²) in [4.78, 5) is 25.2. The summed E-state index contributed by atoms with van der Waals surface area (Å²) in [5.41, 5.74) is 1.04. The van der Waals surface area contributed by atoms with E-state index in [4.69, 9.17) is 9.47 Å². The van der Waals surface area contributed by atoms with E-state index < -0.39 is 11.9 Å². The van der Waals surface area contributed by atoms with Crippen LogP contribution in [0, 0.1) is 10.8 Å². The fourth-order valence-corrected chi connectivity index (χ4v) is 2.08. The molecule has 0 bridgehead atoms. The van der Waals surface area contributed by atoms with Gasteiger partial charge in [-0.05, 0) is 33.9 Å². The van der Waals surface area contributed by atoms with Gasteiger partial charge in [0, 0.05) is 0 Å². The van der Waals surface area contributed by atoms with Gasteiger partial charge in [0.15, 0.2) is 0 Å². The molecule has 146 valence electrons. The molecule has 0 spiro atoms. The van der Waals surface area contributed by atoms with Crippen LogP contribution in [0.1, 0.15) is 88.6 Å². The van der Waals surface area contributed by atoms with Crippen LogP contribution in [0.5, 0.6) is 0 Å². The molecule has 0 N–H and O–H groups in total. The average molecular weight is 363 g/mol. The monoisotopic (exact) mass is 362 g/mol. The lowest BCUT2D eigenvalue weighted by Crippen LogP contribution is -2.23. The zero-order valence-electron chi connectivity index (χ0n) is 17.8. The molecule has 0 amide bonds. The number of esters is 2. The molecule has 0 radical (unpaired) electrons. The van der Waals surface area contributed by atoms with Crippen LogP contribution in [0.25, 0.3) is 0 Å². The van der Waals surface area contributed by atoms with Crippen LogP contribution >= 0.6 is 0 Å². The number of rotatable bonds is 4. The summed E-state index contributed by atoms with van der Waals surface area (Å²) in [7, 11) is 0. The quantitative estimate of drug-likeness (QED) is 0.674. The highest BCUT2D eigenvalue weighted by Gasteiger charge is 2.25. The molecular formula is C22H34O4. The van der Waals surface area contributed by atoms with E-state index in [1.165, 1.54) is 0 Å². The van der Waals surface area contributed by atoms with E-state index in [0.717, 1.165) is 5.56 Å². The first-order valence-corrected chi connectivity index (χ1v) is 9.09.